The molecule has 2 rings (SSSR count). The molecule has 1 saturated carbocycles. The van der Waals surface area contributed by atoms with Crippen LogP contribution in [0.4, 0.5) is 0 Å². The maximum absolute atomic E-state index is 12.2. The van der Waals surface area contributed by atoms with Crippen molar-refractivity contribution in [3.8, 4) is 5.75 Å². The summed E-state index contributed by atoms with van der Waals surface area (Å²) in [6, 6.07) is 7.61. The van der Waals surface area contributed by atoms with Gasteiger partial charge in [-0.3, -0.25) is 4.79 Å². The van der Waals surface area contributed by atoms with E-state index in [1.165, 1.54) is 12.8 Å². The van der Waals surface area contributed by atoms with Gasteiger partial charge in [-0.2, -0.15) is 0 Å². The van der Waals surface area contributed by atoms with Gasteiger partial charge in [-0.1, -0.05) is 31.9 Å². The second-order valence-electron chi connectivity index (χ2n) is 5.85. The summed E-state index contributed by atoms with van der Waals surface area (Å²) in [4.78, 5) is 12.2. The van der Waals surface area contributed by atoms with E-state index in [1.54, 1.807) is 7.11 Å². The van der Waals surface area contributed by atoms with E-state index in [2.05, 4.69) is 12.2 Å². The first-order chi connectivity index (χ1) is 10.2. The number of hydrogen-bond acceptors (Lipinski definition) is 3. The average molecular weight is 290 g/mol. The van der Waals surface area contributed by atoms with Crippen LogP contribution in [0.25, 0.3) is 0 Å². The third-order valence-corrected chi connectivity index (χ3v) is 4.07. The van der Waals surface area contributed by atoms with Crippen molar-refractivity contribution in [3.63, 3.8) is 0 Å². The van der Waals surface area contributed by atoms with Crippen LogP contribution in [0.2, 0.25) is 0 Å². The van der Waals surface area contributed by atoms with Crippen LogP contribution >= 0.6 is 0 Å². The monoisotopic (exact) mass is 290 g/mol. The molecule has 0 heterocycles. The molecule has 0 radical (unpaired) electrons. The molecule has 1 aromatic rings. The lowest BCUT2D eigenvalue weighted by molar-refractivity contribution is -0.123. The largest absolute Gasteiger partial charge is 0.497 e. The summed E-state index contributed by atoms with van der Waals surface area (Å²) in [7, 11) is 1.65. The van der Waals surface area contributed by atoms with Crippen LogP contribution in [0.15, 0.2) is 24.3 Å². The summed E-state index contributed by atoms with van der Waals surface area (Å²) < 4.78 is 5.18. The Labute approximate surface area is 127 Å². The topological polar surface area (TPSA) is 64.4 Å². The van der Waals surface area contributed by atoms with Gasteiger partial charge < -0.3 is 15.8 Å². The standard InChI is InChI=1S/C17H26N2O2/c1-3-4-5-15(18)17(20)19-16(12-6-7-12)13-8-10-14(21-2)11-9-13/h8-12,15-16H,3-7,18H2,1-2H3,(H,19,20)/t15-,16?/m0/s1. The fraction of sp³-hybridized carbons (Fsp3) is 0.588. The minimum absolute atomic E-state index is 0.0313. The first-order valence-corrected chi connectivity index (χ1v) is 7.85. The summed E-state index contributed by atoms with van der Waals surface area (Å²) in [6.45, 7) is 2.11. The number of nitrogens with one attached hydrogen (secondary N) is 1. The number of carbonyl (C=O) groups is 1. The van der Waals surface area contributed by atoms with Gasteiger partial charge in [0.1, 0.15) is 5.75 Å². The van der Waals surface area contributed by atoms with Crippen LogP contribution in [-0.4, -0.2) is 19.1 Å². The van der Waals surface area contributed by atoms with E-state index in [-0.39, 0.29) is 11.9 Å². The third kappa shape index (κ3) is 4.46. The average Bonchev–Trinajstić information content (AvgIpc) is 3.34. The predicted octanol–water partition coefficient (Wildman–Crippen LogP) is 2.78. The first-order valence-electron chi connectivity index (χ1n) is 7.85. The van der Waals surface area contributed by atoms with Gasteiger partial charge in [0, 0.05) is 0 Å². The number of unbranched alkanes of at least 4 members (excludes halogenated alkanes) is 1. The fourth-order valence-electron chi connectivity index (χ4n) is 2.53. The van der Waals surface area contributed by atoms with Gasteiger partial charge in [0.15, 0.2) is 0 Å². The van der Waals surface area contributed by atoms with Crippen LogP contribution in [0, 0.1) is 5.92 Å². The Balaban J connectivity index is 2.00. The van der Waals surface area contributed by atoms with E-state index in [9.17, 15) is 4.79 Å². The molecule has 1 aliphatic rings. The van der Waals surface area contributed by atoms with Crippen LogP contribution < -0.4 is 15.8 Å². The smallest absolute Gasteiger partial charge is 0.237 e. The third-order valence-electron chi connectivity index (χ3n) is 4.07. The van der Waals surface area contributed by atoms with Crippen molar-refractivity contribution < 1.29 is 9.53 Å². The van der Waals surface area contributed by atoms with Crippen molar-refractivity contribution in [2.24, 2.45) is 11.7 Å². The molecule has 1 aliphatic carbocycles. The van der Waals surface area contributed by atoms with E-state index in [1.807, 2.05) is 24.3 Å². The van der Waals surface area contributed by atoms with Gasteiger partial charge >= 0.3 is 0 Å². The summed E-state index contributed by atoms with van der Waals surface area (Å²) in [5.74, 6) is 1.34. The Bertz CT molecular complexity index is 454. The van der Waals surface area contributed by atoms with E-state index >= 15 is 0 Å². The number of ether oxygens (including phenoxy) is 1. The maximum Gasteiger partial charge on any atom is 0.237 e. The van der Waals surface area contributed by atoms with Crippen molar-refractivity contribution >= 4 is 5.91 Å². The highest BCUT2D eigenvalue weighted by Gasteiger charge is 2.34. The number of hydrogen-bond donors (Lipinski definition) is 2. The van der Waals surface area contributed by atoms with Crippen molar-refractivity contribution in [3.05, 3.63) is 29.8 Å². The molecule has 0 bridgehead atoms. The van der Waals surface area contributed by atoms with Crippen molar-refractivity contribution in [1.82, 2.24) is 5.32 Å². The molecule has 1 fully saturated rings. The maximum atomic E-state index is 12.2. The molecule has 1 unspecified atom stereocenters. The molecular weight excluding hydrogens is 264 g/mol. The van der Waals surface area contributed by atoms with Crippen molar-refractivity contribution in [2.75, 3.05) is 7.11 Å². The molecule has 4 nitrogen and oxygen atoms in total. The quantitative estimate of drug-likeness (QED) is 0.774. The highest BCUT2D eigenvalue weighted by molar-refractivity contribution is 5.81. The van der Waals surface area contributed by atoms with Crippen molar-refractivity contribution in [1.29, 1.82) is 0 Å². The normalized spacial score (nSPS) is 17.1. The van der Waals surface area contributed by atoms with Gasteiger partial charge in [-0.15, -0.1) is 0 Å². The Morgan fingerprint density at radius 3 is 2.57 bits per heavy atom. The first kappa shape index (κ1) is 15.8. The molecule has 1 aromatic carbocycles. The molecule has 0 aromatic heterocycles. The van der Waals surface area contributed by atoms with E-state index in [4.69, 9.17) is 10.5 Å². The molecular formula is C17H26N2O2. The number of rotatable bonds is 8. The van der Waals surface area contributed by atoms with Crippen molar-refractivity contribution in [2.45, 2.75) is 51.1 Å². The number of benzene rings is 1. The molecule has 0 spiro atoms. The zero-order valence-corrected chi connectivity index (χ0v) is 13.0. The van der Waals surface area contributed by atoms with E-state index in [0.717, 1.165) is 30.6 Å². The number of carbonyl (C=O) groups excluding carboxylic acids is 1. The lowest BCUT2D eigenvalue weighted by Crippen LogP contribution is -2.42. The van der Waals surface area contributed by atoms with Crippen LogP contribution in [-0.2, 0) is 4.79 Å². The molecule has 1 amide bonds. The molecule has 3 N–H and O–H groups in total. The molecule has 0 saturated heterocycles. The van der Waals surface area contributed by atoms with Crippen LogP contribution in [0.5, 0.6) is 5.75 Å². The summed E-state index contributed by atoms with van der Waals surface area (Å²) in [6.07, 6.45) is 5.14. The van der Waals surface area contributed by atoms with Crippen LogP contribution in [0.3, 0.4) is 0 Å². The Morgan fingerprint density at radius 1 is 1.38 bits per heavy atom. The molecule has 116 valence electrons. The molecule has 2 atom stereocenters. The fourth-order valence-corrected chi connectivity index (χ4v) is 2.53. The van der Waals surface area contributed by atoms with E-state index in [0.29, 0.717) is 5.92 Å². The minimum Gasteiger partial charge on any atom is -0.497 e. The number of nitrogens with two attached hydrogens (primary N) is 1. The highest BCUT2D eigenvalue weighted by atomic mass is 16.5. The Hall–Kier alpha value is -1.55. The SMILES string of the molecule is CCCC[C@H](N)C(=O)NC(c1ccc(OC)cc1)C1CC1. The lowest BCUT2D eigenvalue weighted by atomic mass is 10.0. The zero-order chi connectivity index (χ0) is 15.2. The van der Waals surface area contributed by atoms with Gasteiger partial charge in [-0.05, 0) is 42.9 Å². The summed E-state index contributed by atoms with van der Waals surface area (Å²) >= 11 is 0. The Kier molecular flexibility index (Phi) is 5.62. The van der Waals surface area contributed by atoms with Gasteiger partial charge in [0.2, 0.25) is 5.91 Å². The predicted molar refractivity (Wildman–Crippen MR) is 84.1 cm³/mol. The summed E-state index contributed by atoms with van der Waals surface area (Å²) in [5, 5.41) is 3.14. The molecule has 0 aliphatic heterocycles. The van der Waals surface area contributed by atoms with Gasteiger partial charge in [-0.25, -0.2) is 0 Å². The second-order valence-corrected chi connectivity index (χ2v) is 5.85. The summed E-state index contributed by atoms with van der Waals surface area (Å²) in [5.41, 5.74) is 7.10. The van der Waals surface area contributed by atoms with Gasteiger partial charge in [0.05, 0.1) is 19.2 Å². The zero-order valence-electron chi connectivity index (χ0n) is 13.0. The van der Waals surface area contributed by atoms with Gasteiger partial charge in [0.25, 0.3) is 0 Å². The van der Waals surface area contributed by atoms with E-state index < -0.39 is 6.04 Å². The number of amides is 1. The molecule has 4 heteroatoms. The minimum atomic E-state index is -0.399. The number of methoxy groups -OCH3 is 1. The molecule has 21 heavy (non-hydrogen) atoms. The highest BCUT2D eigenvalue weighted by Crippen LogP contribution is 2.41. The Morgan fingerprint density at radius 2 is 2.05 bits per heavy atom. The van der Waals surface area contributed by atoms with Crippen LogP contribution in [0.1, 0.15) is 50.6 Å². The lowest BCUT2D eigenvalue weighted by Gasteiger charge is -2.21. The second kappa shape index (κ2) is 7.46.